The van der Waals surface area contributed by atoms with Crippen LogP contribution in [0.5, 0.6) is 0 Å². The van der Waals surface area contributed by atoms with Crippen LogP contribution in [0.2, 0.25) is 0 Å². The van der Waals surface area contributed by atoms with Crippen molar-refractivity contribution in [2.75, 3.05) is 11.1 Å². The molecule has 0 spiro atoms. The lowest BCUT2D eigenvalue weighted by Crippen LogP contribution is -2.28. The molecule has 0 saturated carbocycles. The van der Waals surface area contributed by atoms with E-state index in [9.17, 15) is 9.59 Å². The smallest absolute Gasteiger partial charge is 0.251 e. The third kappa shape index (κ3) is 6.11. The quantitative estimate of drug-likeness (QED) is 0.299. The van der Waals surface area contributed by atoms with E-state index in [4.69, 9.17) is 0 Å². The average molecular weight is 528 g/mol. The van der Waals surface area contributed by atoms with Gasteiger partial charge in [-0.1, -0.05) is 52.0 Å². The fourth-order valence-corrected chi connectivity index (χ4v) is 4.39. The summed E-state index contributed by atoms with van der Waals surface area (Å²) in [4.78, 5) is 25.1. The standard InChI is InChI=1S/C24H26BrN5O2S/c1-5-13-30-22(17(4)26-23(32)18-9-7-6-8-10-18)28-29-24(30)33-14-21(31)27-20-12-11-19(25)15(2)16(20)3/h5-12,17H,1,13-14H2,2-4H3,(H,26,32)(H,27,31)/t17-/m1/s1. The first kappa shape index (κ1) is 24.7. The normalized spacial score (nSPS) is 11.6. The number of carbonyl (C=O) groups excluding carboxylic acids is 2. The van der Waals surface area contributed by atoms with Crippen LogP contribution < -0.4 is 10.6 Å². The summed E-state index contributed by atoms with van der Waals surface area (Å²) in [6.07, 6.45) is 1.73. The topological polar surface area (TPSA) is 88.9 Å². The summed E-state index contributed by atoms with van der Waals surface area (Å²) in [6.45, 7) is 10.1. The van der Waals surface area contributed by atoms with Crippen molar-refractivity contribution in [3.8, 4) is 0 Å². The highest BCUT2D eigenvalue weighted by atomic mass is 79.9. The van der Waals surface area contributed by atoms with E-state index in [-0.39, 0.29) is 23.6 Å². The van der Waals surface area contributed by atoms with Crippen molar-refractivity contribution >= 4 is 45.2 Å². The second kappa shape index (κ2) is 11.3. The monoisotopic (exact) mass is 527 g/mol. The Morgan fingerprint density at radius 1 is 1.15 bits per heavy atom. The first-order valence-electron chi connectivity index (χ1n) is 10.4. The molecule has 0 aliphatic carbocycles. The lowest BCUT2D eigenvalue weighted by atomic mass is 10.1. The zero-order chi connectivity index (χ0) is 24.0. The summed E-state index contributed by atoms with van der Waals surface area (Å²) in [5.41, 5.74) is 3.46. The van der Waals surface area contributed by atoms with Gasteiger partial charge in [0.15, 0.2) is 11.0 Å². The summed E-state index contributed by atoms with van der Waals surface area (Å²) in [5.74, 6) is 0.450. The minimum atomic E-state index is -0.373. The van der Waals surface area contributed by atoms with Gasteiger partial charge in [-0.05, 0) is 56.2 Å². The van der Waals surface area contributed by atoms with Gasteiger partial charge in [-0.3, -0.25) is 9.59 Å². The summed E-state index contributed by atoms with van der Waals surface area (Å²) >= 11 is 4.79. The van der Waals surface area contributed by atoms with E-state index in [2.05, 4.69) is 43.3 Å². The number of allylic oxidation sites excluding steroid dienone is 1. The van der Waals surface area contributed by atoms with Gasteiger partial charge in [-0.2, -0.15) is 0 Å². The highest BCUT2D eigenvalue weighted by Crippen LogP contribution is 2.26. The number of rotatable bonds is 9. The molecule has 1 atom stereocenters. The van der Waals surface area contributed by atoms with Gasteiger partial charge in [-0.15, -0.1) is 16.8 Å². The highest BCUT2D eigenvalue weighted by Gasteiger charge is 2.20. The van der Waals surface area contributed by atoms with E-state index in [1.54, 1.807) is 18.2 Å². The predicted molar refractivity (Wildman–Crippen MR) is 136 cm³/mol. The average Bonchev–Trinajstić information content (AvgIpc) is 3.21. The number of nitrogens with one attached hydrogen (secondary N) is 2. The number of hydrogen-bond acceptors (Lipinski definition) is 5. The van der Waals surface area contributed by atoms with Crippen molar-refractivity contribution in [1.82, 2.24) is 20.1 Å². The minimum absolute atomic E-state index is 0.134. The lowest BCUT2D eigenvalue weighted by molar-refractivity contribution is -0.113. The molecule has 0 aliphatic rings. The second-order valence-electron chi connectivity index (χ2n) is 7.48. The van der Waals surface area contributed by atoms with Gasteiger partial charge in [0.1, 0.15) is 0 Å². The van der Waals surface area contributed by atoms with E-state index < -0.39 is 0 Å². The second-order valence-corrected chi connectivity index (χ2v) is 9.28. The van der Waals surface area contributed by atoms with Crippen LogP contribution in [0.25, 0.3) is 0 Å². The van der Waals surface area contributed by atoms with Crippen LogP contribution in [-0.2, 0) is 11.3 Å². The van der Waals surface area contributed by atoms with Crippen molar-refractivity contribution in [3.05, 3.63) is 82.1 Å². The Balaban J connectivity index is 1.67. The molecule has 7 nitrogen and oxygen atoms in total. The minimum Gasteiger partial charge on any atom is -0.342 e. The molecule has 0 bridgehead atoms. The third-order valence-corrected chi connectivity index (χ3v) is 6.98. The van der Waals surface area contributed by atoms with Gasteiger partial charge < -0.3 is 15.2 Å². The Labute approximate surface area is 206 Å². The van der Waals surface area contributed by atoms with E-state index >= 15 is 0 Å². The summed E-state index contributed by atoms with van der Waals surface area (Å²) in [6, 6.07) is 12.4. The number of carbonyl (C=O) groups is 2. The van der Waals surface area contributed by atoms with E-state index in [1.165, 1.54) is 11.8 Å². The Bertz CT molecular complexity index is 1160. The molecule has 0 saturated heterocycles. The number of aromatic nitrogens is 3. The molecular weight excluding hydrogens is 502 g/mol. The van der Waals surface area contributed by atoms with Gasteiger partial charge >= 0.3 is 0 Å². The van der Waals surface area contributed by atoms with Crippen LogP contribution in [-0.4, -0.2) is 32.3 Å². The molecule has 1 aromatic heterocycles. The summed E-state index contributed by atoms with van der Waals surface area (Å²) in [7, 11) is 0. The van der Waals surface area contributed by atoms with Gasteiger partial charge in [0.25, 0.3) is 5.91 Å². The van der Waals surface area contributed by atoms with Gasteiger partial charge in [-0.25, -0.2) is 0 Å². The Morgan fingerprint density at radius 3 is 2.58 bits per heavy atom. The Kier molecular flexibility index (Phi) is 8.46. The van der Waals surface area contributed by atoms with Crippen LogP contribution >= 0.6 is 27.7 Å². The molecule has 172 valence electrons. The number of anilines is 1. The van der Waals surface area contributed by atoms with Crippen LogP contribution in [0.4, 0.5) is 5.69 Å². The van der Waals surface area contributed by atoms with Gasteiger partial charge in [0.05, 0.1) is 11.8 Å². The number of halogens is 1. The molecule has 1 heterocycles. The van der Waals surface area contributed by atoms with Crippen molar-refractivity contribution in [1.29, 1.82) is 0 Å². The fraction of sp³-hybridized carbons (Fsp3) is 0.250. The molecule has 0 aliphatic heterocycles. The molecule has 0 unspecified atom stereocenters. The van der Waals surface area contributed by atoms with E-state index in [1.807, 2.05) is 55.7 Å². The van der Waals surface area contributed by atoms with Crippen LogP contribution in [0.3, 0.4) is 0 Å². The first-order valence-corrected chi connectivity index (χ1v) is 12.2. The number of hydrogen-bond donors (Lipinski definition) is 2. The van der Waals surface area contributed by atoms with Crippen LogP contribution in [0, 0.1) is 13.8 Å². The van der Waals surface area contributed by atoms with Crippen molar-refractivity contribution in [3.63, 3.8) is 0 Å². The zero-order valence-electron chi connectivity index (χ0n) is 18.8. The fourth-order valence-electron chi connectivity index (χ4n) is 3.20. The Hall–Kier alpha value is -2.91. The Morgan fingerprint density at radius 2 is 1.88 bits per heavy atom. The van der Waals surface area contributed by atoms with Crippen molar-refractivity contribution < 1.29 is 9.59 Å². The molecule has 2 aromatic carbocycles. The van der Waals surface area contributed by atoms with E-state index in [0.717, 1.165) is 21.3 Å². The molecular formula is C24H26BrN5O2S. The molecule has 0 radical (unpaired) electrons. The first-order chi connectivity index (χ1) is 15.8. The van der Waals surface area contributed by atoms with E-state index in [0.29, 0.717) is 23.1 Å². The largest absolute Gasteiger partial charge is 0.342 e. The summed E-state index contributed by atoms with van der Waals surface area (Å²) < 4.78 is 2.86. The molecule has 3 aromatic rings. The maximum atomic E-state index is 12.6. The van der Waals surface area contributed by atoms with Crippen molar-refractivity contribution in [2.45, 2.75) is 38.5 Å². The maximum Gasteiger partial charge on any atom is 0.251 e. The number of nitrogens with zero attached hydrogens (tertiary/aromatic N) is 3. The molecule has 2 N–H and O–H groups in total. The van der Waals surface area contributed by atoms with Gasteiger partial charge in [0.2, 0.25) is 5.91 Å². The number of amides is 2. The maximum absolute atomic E-state index is 12.6. The molecule has 3 rings (SSSR count). The lowest BCUT2D eigenvalue weighted by Gasteiger charge is -2.15. The number of thioether (sulfide) groups is 1. The summed E-state index contributed by atoms with van der Waals surface area (Å²) in [5, 5.41) is 15.0. The van der Waals surface area contributed by atoms with Crippen LogP contribution in [0.1, 0.15) is 40.3 Å². The number of benzene rings is 2. The third-order valence-electron chi connectivity index (χ3n) is 5.16. The predicted octanol–water partition coefficient (Wildman–Crippen LogP) is 5.07. The van der Waals surface area contributed by atoms with Gasteiger partial charge in [0, 0.05) is 22.3 Å². The van der Waals surface area contributed by atoms with Crippen LogP contribution in [0.15, 0.2) is 64.7 Å². The van der Waals surface area contributed by atoms with Crippen molar-refractivity contribution in [2.24, 2.45) is 0 Å². The highest BCUT2D eigenvalue weighted by molar-refractivity contribution is 9.10. The molecule has 2 amide bonds. The SMILES string of the molecule is C=CCn1c(SCC(=O)Nc2ccc(Br)c(C)c2C)nnc1[C@@H](C)NC(=O)c1ccccc1. The molecule has 9 heteroatoms. The zero-order valence-corrected chi connectivity index (χ0v) is 21.2. The molecule has 0 fully saturated rings. The molecule has 33 heavy (non-hydrogen) atoms.